The standard InChI is InChI=1S/C13H25NO2S/c1-12(2,3)14-9-13(10-14)7-5-11(6-8-13)17(4,15)16/h11H,5-10H2,1-4H3. The molecule has 1 aliphatic heterocycles. The van der Waals surface area contributed by atoms with Gasteiger partial charge in [-0.1, -0.05) is 0 Å². The maximum absolute atomic E-state index is 11.5. The smallest absolute Gasteiger partial charge is 0.150 e. The van der Waals surface area contributed by atoms with Gasteiger partial charge in [0.05, 0.1) is 5.25 Å². The molecule has 0 atom stereocenters. The van der Waals surface area contributed by atoms with Crippen LogP contribution in [-0.4, -0.2) is 43.5 Å². The highest BCUT2D eigenvalue weighted by Crippen LogP contribution is 2.47. The van der Waals surface area contributed by atoms with Crippen LogP contribution in [-0.2, 0) is 9.84 Å². The molecule has 1 saturated heterocycles. The van der Waals surface area contributed by atoms with Crippen LogP contribution in [0.1, 0.15) is 46.5 Å². The van der Waals surface area contributed by atoms with Crippen molar-refractivity contribution in [2.75, 3.05) is 19.3 Å². The molecule has 2 rings (SSSR count). The van der Waals surface area contributed by atoms with Crippen LogP contribution in [0.2, 0.25) is 0 Å². The minimum atomic E-state index is -2.82. The van der Waals surface area contributed by atoms with E-state index in [-0.39, 0.29) is 10.8 Å². The molecule has 1 heterocycles. The van der Waals surface area contributed by atoms with Crippen LogP contribution in [0.3, 0.4) is 0 Å². The molecule has 1 aliphatic carbocycles. The Kier molecular flexibility index (Phi) is 3.10. The Morgan fingerprint density at radius 3 is 1.94 bits per heavy atom. The zero-order valence-corrected chi connectivity index (χ0v) is 12.3. The Labute approximate surface area is 105 Å². The molecule has 0 aromatic heterocycles. The number of hydrogen-bond acceptors (Lipinski definition) is 3. The molecule has 17 heavy (non-hydrogen) atoms. The van der Waals surface area contributed by atoms with Gasteiger partial charge < -0.3 is 0 Å². The van der Waals surface area contributed by atoms with E-state index in [0.717, 1.165) is 38.8 Å². The van der Waals surface area contributed by atoms with Gasteiger partial charge in [0, 0.05) is 24.9 Å². The third-order valence-corrected chi connectivity index (χ3v) is 6.28. The minimum absolute atomic E-state index is 0.0724. The van der Waals surface area contributed by atoms with Gasteiger partial charge in [-0.25, -0.2) is 8.42 Å². The molecule has 2 fully saturated rings. The first kappa shape index (κ1) is 13.3. The third kappa shape index (κ3) is 2.68. The van der Waals surface area contributed by atoms with Crippen molar-refractivity contribution >= 4 is 9.84 Å². The number of hydrogen-bond donors (Lipinski definition) is 0. The van der Waals surface area contributed by atoms with Crippen molar-refractivity contribution in [3.05, 3.63) is 0 Å². The van der Waals surface area contributed by atoms with Crippen molar-refractivity contribution in [3.8, 4) is 0 Å². The van der Waals surface area contributed by atoms with Crippen LogP contribution in [0.15, 0.2) is 0 Å². The summed E-state index contributed by atoms with van der Waals surface area (Å²) >= 11 is 0. The monoisotopic (exact) mass is 259 g/mol. The molecule has 3 nitrogen and oxygen atoms in total. The molecule has 0 aromatic carbocycles. The highest BCUT2D eigenvalue weighted by atomic mass is 32.2. The predicted molar refractivity (Wildman–Crippen MR) is 70.9 cm³/mol. The van der Waals surface area contributed by atoms with Gasteiger partial charge in [-0.05, 0) is 51.9 Å². The highest BCUT2D eigenvalue weighted by Gasteiger charge is 2.48. The summed E-state index contributed by atoms with van der Waals surface area (Å²) in [7, 11) is -2.82. The summed E-state index contributed by atoms with van der Waals surface area (Å²) in [5.74, 6) is 0. The van der Waals surface area contributed by atoms with E-state index < -0.39 is 9.84 Å². The molecule has 0 N–H and O–H groups in total. The fraction of sp³-hybridized carbons (Fsp3) is 1.00. The van der Waals surface area contributed by atoms with Crippen molar-refractivity contribution in [1.82, 2.24) is 4.90 Å². The van der Waals surface area contributed by atoms with Crippen molar-refractivity contribution in [1.29, 1.82) is 0 Å². The van der Waals surface area contributed by atoms with E-state index in [2.05, 4.69) is 25.7 Å². The quantitative estimate of drug-likeness (QED) is 0.723. The van der Waals surface area contributed by atoms with E-state index in [9.17, 15) is 8.42 Å². The Hall–Kier alpha value is -0.0900. The Morgan fingerprint density at radius 2 is 1.59 bits per heavy atom. The lowest BCUT2D eigenvalue weighted by molar-refractivity contribution is -0.0779. The number of nitrogens with zero attached hydrogens (tertiary/aromatic N) is 1. The lowest BCUT2D eigenvalue weighted by atomic mass is 9.67. The summed E-state index contributed by atoms with van der Waals surface area (Å²) in [6, 6.07) is 0. The number of likely N-dealkylation sites (tertiary alicyclic amines) is 1. The van der Waals surface area contributed by atoms with E-state index in [1.165, 1.54) is 6.26 Å². The van der Waals surface area contributed by atoms with Crippen LogP contribution in [0.25, 0.3) is 0 Å². The maximum atomic E-state index is 11.5. The first-order valence-corrected chi connectivity index (χ1v) is 8.52. The van der Waals surface area contributed by atoms with E-state index in [1.54, 1.807) is 0 Å². The average Bonchev–Trinajstić information content (AvgIpc) is 2.11. The fourth-order valence-corrected chi connectivity index (χ4v) is 4.28. The largest absolute Gasteiger partial charge is 0.297 e. The van der Waals surface area contributed by atoms with Gasteiger partial charge in [0.25, 0.3) is 0 Å². The second-order valence-corrected chi connectivity index (χ2v) is 9.38. The molecule has 1 spiro atoms. The van der Waals surface area contributed by atoms with E-state index in [1.807, 2.05) is 0 Å². The average molecular weight is 259 g/mol. The summed E-state index contributed by atoms with van der Waals surface area (Å²) in [6.45, 7) is 9.08. The summed E-state index contributed by atoms with van der Waals surface area (Å²) in [6.07, 6.45) is 5.32. The van der Waals surface area contributed by atoms with Crippen LogP contribution in [0, 0.1) is 5.41 Å². The van der Waals surface area contributed by atoms with Gasteiger partial charge in [-0.15, -0.1) is 0 Å². The van der Waals surface area contributed by atoms with Crippen molar-refractivity contribution in [2.45, 2.75) is 57.2 Å². The molecular formula is C13H25NO2S. The molecule has 2 aliphatic rings. The van der Waals surface area contributed by atoms with Crippen LogP contribution in [0.4, 0.5) is 0 Å². The van der Waals surface area contributed by atoms with Crippen LogP contribution < -0.4 is 0 Å². The van der Waals surface area contributed by atoms with Gasteiger partial charge in [0.15, 0.2) is 0 Å². The molecule has 1 saturated carbocycles. The molecule has 0 unspecified atom stereocenters. The number of rotatable bonds is 1. The molecule has 4 heteroatoms. The molecule has 0 amide bonds. The SMILES string of the molecule is CC(C)(C)N1CC2(CCC(S(C)(=O)=O)CC2)C1. The summed E-state index contributed by atoms with van der Waals surface area (Å²) in [5.41, 5.74) is 0.702. The van der Waals surface area contributed by atoms with E-state index in [0.29, 0.717) is 5.41 Å². The summed E-state index contributed by atoms with van der Waals surface area (Å²) in [5, 5.41) is -0.0724. The molecule has 0 bridgehead atoms. The Bertz CT molecular complexity index is 378. The predicted octanol–water partition coefficient (Wildman–Crippen LogP) is 2.07. The lowest BCUT2D eigenvalue weighted by Gasteiger charge is -2.58. The normalized spacial score (nSPS) is 27.1. The second kappa shape index (κ2) is 3.95. The zero-order chi connectivity index (χ0) is 12.9. The lowest BCUT2D eigenvalue weighted by Crippen LogP contribution is -2.63. The second-order valence-electron chi connectivity index (χ2n) is 7.06. The first-order valence-electron chi connectivity index (χ1n) is 6.56. The topological polar surface area (TPSA) is 37.4 Å². The van der Waals surface area contributed by atoms with Gasteiger partial charge in [-0.2, -0.15) is 0 Å². The summed E-state index contributed by atoms with van der Waals surface area (Å²) < 4.78 is 23.0. The van der Waals surface area contributed by atoms with Gasteiger partial charge in [0.2, 0.25) is 0 Å². The molecule has 100 valence electrons. The zero-order valence-electron chi connectivity index (χ0n) is 11.5. The Morgan fingerprint density at radius 1 is 1.12 bits per heavy atom. The van der Waals surface area contributed by atoms with Crippen molar-refractivity contribution in [3.63, 3.8) is 0 Å². The molecular weight excluding hydrogens is 234 g/mol. The number of sulfone groups is 1. The van der Waals surface area contributed by atoms with Crippen LogP contribution >= 0.6 is 0 Å². The van der Waals surface area contributed by atoms with Crippen molar-refractivity contribution in [2.24, 2.45) is 5.41 Å². The maximum Gasteiger partial charge on any atom is 0.150 e. The van der Waals surface area contributed by atoms with Gasteiger partial charge in [-0.3, -0.25) is 4.90 Å². The fourth-order valence-electron chi connectivity index (χ4n) is 3.19. The highest BCUT2D eigenvalue weighted by molar-refractivity contribution is 7.91. The third-order valence-electron chi connectivity index (χ3n) is 4.60. The van der Waals surface area contributed by atoms with Crippen LogP contribution in [0.5, 0.6) is 0 Å². The van der Waals surface area contributed by atoms with E-state index >= 15 is 0 Å². The van der Waals surface area contributed by atoms with Gasteiger partial charge in [0.1, 0.15) is 9.84 Å². The summed E-state index contributed by atoms with van der Waals surface area (Å²) in [4.78, 5) is 2.51. The van der Waals surface area contributed by atoms with E-state index in [4.69, 9.17) is 0 Å². The Balaban J connectivity index is 1.90. The molecule has 0 radical (unpaired) electrons. The van der Waals surface area contributed by atoms with Gasteiger partial charge >= 0.3 is 0 Å². The molecule has 0 aromatic rings. The van der Waals surface area contributed by atoms with Crippen molar-refractivity contribution < 1.29 is 8.42 Å². The first-order chi connectivity index (χ1) is 7.62. The minimum Gasteiger partial charge on any atom is -0.297 e.